The number of aromatic nitrogens is 2. The van der Waals surface area contributed by atoms with E-state index in [1.807, 2.05) is 19.9 Å². The fourth-order valence-corrected chi connectivity index (χ4v) is 3.97. The molecule has 0 saturated carbocycles. The van der Waals surface area contributed by atoms with E-state index in [1.54, 1.807) is 41.2 Å². The van der Waals surface area contributed by atoms with Crippen LogP contribution in [-0.2, 0) is 0 Å². The molecule has 1 heterocycles. The second-order valence-corrected chi connectivity index (χ2v) is 8.48. The highest BCUT2D eigenvalue weighted by atomic mass is 19.4. The zero-order valence-corrected chi connectivity index (χ0v) is 19.8. The first-order valence-corrected chi connectivity index (χ1v) is 11.5. The van der Waals surface area contributed by atoms with E-state index in [9.17, 15) is 22.4 Å². The first kappa shape index (κ1) is 25.2. The lowest BCUT2D eigenvalue weighted by Gasteiger charge is -2.14. The maximum Gasteiger partial charge on any atom is 0.390 e. The number of carbonyl (C=O) groups is 1. The Labute approximate surface area is 205 Å². The molecule has 0 radical (unpaired) electrons. The van der Waals surface area contributed by atoms with E-state index in [2.05, 4.69) is 10.3 Å². The van der Waals surface area contributed by atoms with Gasteiger partial charge in [0.2, 0.25) is 0 Å². The topological polar surface area (TPSA) is 56.2 Å². The van der Waals surface area contributed by atoms with Crippen LogP contribution in [0.25, 0.3) is 16.7 Å². The van der Waals surface area contributed by atoms with Crippen molar-refractivity contribution < 1.29 is 27.1 Å². The summed E-state index contributed by atoms with van der Waals surface area (Å²) in [6.07, 6.45) is -2.55. The number of hydrogen-bond donors (Lipinski definition) is 1. The van der Waals surface area contributed by atoms with E-state index < -0.39 is 18.4 Å². The summed E-state index contributed by atoms with van der Waals surface area (Å²) in [6.45, 7) is 3.46. The first-order chi connectivity index (χ1) is 17.1. The third-order valence-electron chi connectivity index (χ3n) is 5.65. The molecule has 0 atom stereocenters. The lowest BCUT2D eigenvalue weighted by molar-refractivity contribution is -0.131. The number of nitrogens with one attached hydrogen (secondary N) is 1. The molecule has 9 heteroatoms. The van der Waals surface area contributed by atoms with Crippen molar-refractivity contribution in [1.29, 1.82) is 0 Å². The highest BCUT2D eigenvalue weighted by Gasteiger charge is 2.26. The summed E-state index contributed by atoms with van der Waals surface area (Å²) in [6, 6.07) is 14.2. The van der Waals surface area contributed by atoms with Crippen molar-refractivity contribution in [2.75, 3.05) is 11.9 Å². The van der Waals surface area contributed by atoms with Crippen molar-refractivity contribution in [2.24, 2.45) is 0 Å². The van der Waals surface area contributed by atoms with Gasteiger partial charge in [0, 0.05) is 42.4 Å². The molecule has 0 amide bonds. The van der Waals surface area contributed by atoms with Crippen LogP contribution in [0.15, 0.2) is 60.9 Å². The molecule has 0 spiro atoms. The van der Waals surface area contributed by atoms with E-state index in [0.29, 0.717) is 34.5 Å². The molecule has 4 rings (SSSR count). The summed E-state index contributed by atoms with van der Waals surface area (Å²) in [4.78, 5) is 16.8. The van der Waals surface area contributed by atoms with E-state index in [1.165, 1.54) is 18.2 Å². The largest absolute Gasteiger partial charge is 0.457 e. The fraction of sp³-hybridized carbons (Fsp3) is 0.259. The summed E-state index contributed by atoms with van der Waals surface area (Å²) in [7, 11) is 0. The molecule has 5 nitrogen and oxygen atoms in total. The number of aryl methyl sites for hydroxylation is 1. The highest BCUT2D eigenvalue weighted by Crippen LogP contribution is 2.34. The zero-order valence-electron chi connectivity index (χ0n) is 19.8. The quantitative estimate of drug-likeness (QED) is 0.190. The summed E-state index contributed by atoms with van der Waals surface area (Å²) in [5.74, 6) is 0.140. The number of nitrogens with zero attached hydrogens (tertiary/aromatic N) is 2. The number of ether oxygens (including phenoxy) is 1. The van der Waals surface area contributed by atoms with Crippen molar-refractivity contribution in [3.8, 4) is 17.2 Å². The summed E-state index contributed by atoms with van der Waals surface area (Å²) < 4.78 is 59.5. The molecule has 4 aromatic rings. The molecule has 0 aliphatic heterocycles. The molecule has 0 unspecified atom stereocenters. The third kappa shape index (κ3) is 5.84. The molecular weight excluding hydrogens is 474 g/mol. The number of fused-ring (bicyclic) bond motifs is 1. The van der Waals surface area contributed by atoms with Crippen LogP contribution in [0.5, 0.6) is 11.5 Å². The van der Waals surface area contributed by atoms with Gasteiger partial charge in [-0.2, -0.15) is 13.2 Å². The van der Waals surface area contributed by atoms with Gasteiger partial charge in [0.25, 0.3) is 0 Å². The molecule has 0 aliphatic carbocycles. The van der Waals surface area contributed by atoms with E-state index in [4.69, 9.17) is 4.74 Å². The second-order valence-electron chi connectivity index (χ2n) is 8.48. The Bertz CT molecular complexity index is 1400. The molecule has 3 aromatic carbocycles. The Morgan fingerprint density at radius 3 is 2.58 bits per heavy atom. The lowest BCUT2D eigenvalue weighted by Crippen LogP contribution is -2.14. The van der Waals surface area contributed by atoms with Gasteiger partial charge in [0.15, 0.2) is 5.78 Å². The number of halogens is 4. The molecule has 0 bridgehead atoms. The molecule has 0 fully saturated rings. The predicted octanol–water partition coefficient (Wildman–Crippen LogP) is 7.61. The van der Waals surface area contributed by atoms with Crippen molar-refractivity contribution in [1.82, 2.24) is 9.55 Å². The normalized spacial score (nSPS) is 11.6. The Balaban J connectivity index is 1.75. The van der Waals surface area contributed by atoms with Crippen LogP contribution in [0, 0.1) is 12.7 Å². The van der Waals surface area contributed by atoms with Gasteiger partial charge >= 0.3 is 6.18 Å². The molecular formula is C27H25F4N3O2. The number of Topliss-reactive ketones (excluding diaryl/α,β-unsaturated/α-hetero) is 1. The van der Waals surface area contributed by atoms with Crippen molar-refractivity contribution >= 4 is 22.5 Å². The fourth-order valence-electron chi connectivity index (χ4n) is 3.97. The van der Waals surface area contributed by atoms with Crippen LogP contribution in [-0.4, -0.2) is 28.1 Å². The van der Waals surface area contributed by atoms with Crippen LogP contribution in [0.3, 0.4) is 0 Å². The number of alkyl halides is 3. The van der Waals surface area contributed by atoms with Crippen molar-refractivity contribution in [3.05, 3.63) is 77.9 Å². The predicted molar refractivity (Wildman–Crippen MR) is 131 cm³/mol. The minimum absolute atomic E-state index is 0.0685. The van der Waals surface area contributed by atoms with Crippen LogP contribution >= 0.6 is 0 Å². The molecule has 0 saturated heterocycles. The van der Waals surface area contributed by atoms with Crippen LogP contribution in [0.1, 0.15) is 42.1 Å². The van der Waals surface area contributed by atoms with Gasteiger partial charge in [-0.3, -0.25) is 9.36 Å². The van der Waals surface area contributed by atoms with E-state index >= 15 is 0 Å². The SMILES string of the molecule is CCCC(=O)c1ccc(-n2cnc3c(NCCC(F)(F)F)cc(Oc4cccc(F)c4)cc32)cc1C. The van der Waals surface area contributed by atoms with Gasteiger partial charge in [0.1, 0.15) is 29.2 Å². The average molecular weight is 500 g/mol. The molecule has 188 valence electrons. The standard InChI is InChI=1S/C27H25F4N3O2/c1-3-5-25(35)22-9-8-19(12-17(22)2)34-16-33-26-23(32-11-10-27(29,30)31)14-21(15-24(26)34)36-20-7-4-6-18(28)13-20/h4,6-9,12-16,32H,3,5,10-11H2,1-2H3. The number of anilines is 1. The van der Waals surface area contributed by atoms with Gasteiger partial charge < -0.3 is 10.1 Å². The Kier molecular flexibility index (Phi) is 7.28. The summed E-state index contributed by atoms with van der Waals surface area (Å²) in [5.41, 5.74) is 3.57. The minimum Gasteiger partial charge on any atom is -0.457 e. The third-order valence-corrected chi connectivity index (χ3v) is 5.65. The Morgan fingerprint density at radius 1 is 1.08 bits per heavy atom. The van der Waals surface area contributed by atoms with Gasteiger partial charge in [-0.25, -0.2) is 9.37 Å². The maximum atomic E-state index is 13.7. The smallest absolute Gasteiger partial charge is 0.390 e. The first-order valence-electron chi connectivity index (χ1n) is 11.5. The molecule has 1 N–H and O–H groups in total. The van der Waals surface area contributed by atoms with Crippen LogP contribution < -0.4 is 10.1 Å². The monoisotopic (exact) mass is 499 g/mol. The number of rotatable bonds is 9. The summed E-state index contributed by atoms with van der Waals surface area (Å²) >= 11 is 0. The average Bonchev–Trinajstić information content (AvgIpc) is 3.22. The van der Waals surface area contributed by atoms with Gasteiger partial charge in [-0.15, -0.1) is 0 Å². The van der Waals surface area contributed by atoms with Gasteiger partial charge in [0.05, 0.1) is 17.6 Å². The molecule has 0 aliphatic rings. The van der Waals surface area contributed by atoms with Crippen LogP contribution in [0.2, 0.25) is 0 Å². The van der Waals surface area contributed by atoms with E-state index in [-0.39, 0.29) is 18.1 Å². The number of imidazole rings is 1. The molecule has 1 aromatic heterocycles. The maximum absolute atomic E-state index is 13.7. The summed E-state index contributed by atoms with van der Waals surface area (Å²) in [5, 5.41) is 2.80. The number of carbonyl (C=O) groups excluding carboxylic acids is 1. The van der Waals surface area contributed by atoms with Crippen molar-refractivity contribution in [3.63, 3.8) is 0 Å². The van der Waals surface area contributed by atoms with Crippen molar-refractivity contribution in [2.45, 2.75) is 39.3 Å². The van der Waals surface area contributed by atoms with Gasteiger partial charge in [-0.1, -0.05) is 13.0 Å². The molecule has 36 heavy (non-hydrogen) atoms. The highest BCUT2D eigenvalue weighted by molar-refractivity contribution is 5.97. The number of hydrogen-bond acceptors (Lipinski definition) is 4. The van der Waals surface area contributed by atoms with Crippen LogP contribution in [0.4, 0.5) is 23.2 Å². The lowest BCUT2D eigenvalue weighted by atomic mass is 10.0. The second kappa shape index (κ2) is 10.4. The minimum atomic E-state index is -4.31. The number of ketones is 1. The Hall–Kier alpha value is -3.88. The van der Waals surface area contributed by atoms with E-state index in [0.717, 1.165) is 17.7 Å². The van der Waals surface area contributed by atoms with Gasteiger partial charge in [-0.05, 0) is 49.2 Å². The number of benzene rings is 3. The zero-order chi connectivity index (χ0) is 25.9. The Morgan fingerprint density at radius 2 is 1.89 bits per heavy atom.